The summed E-state index contributed by atoms with van der Waals surface area (Å²) in [6.45, 7) is 3.44. The van der Waals surface area contributed by atoms with Crippen LogP contribution in [0.3, 0.4) is 0 Å². The molecule has 0 bridgehead atoms. The number of hydrogen-bond donors (Lipinski definition) is 0. The molecule has 1 heterocycles. The minimum absolute atomic E-state index is 0.575. The molecule has 0 aliphatic carbocycles. The normalized spacial score (nSPS) is 20.9. The van der Waals surface area contributed by atoms with Crippen LogP contribution in [0, 0.1) is 0 Å². The highest BCUT2D eigenvalue weighted by atomic mass is 15.4. The number of aliphatic imine (C=N–C) groups is 3. The van der Waals surface area contributed by atoms with E-state index in [4.69, 9.17) is 0 Å². The standard InChI is InChI=1S/C8H13N4/c1-9-7(10-2)8-11-5-6-12(8,3)4/h5-6H,1H2,2-4H3/q+1. The zero-order chi connectivity index (χ0) is 9.19. The summed E-state index contributed by atoms with van der Waals surface area (Å²) in [6.07, 6.45) is 3.72. The van der Waals surface area contributed by atoms with Crippen LogP contribution in [0.25, 0.3) is 0 Å². The van der Waals surface area contributed by atoms with Crippen LogP contribution in [-0.4, -0.2) is 44.0 Å². The highest BCUT2D eigenvalue weighted by molar-refractivity contribution is 6.39. The zero-order valence-electron chi connectivity index (χ0n) is 7.65. The van der Waals surface area contributed by atoms with Gasteiger partial charge in [-0.2, -0.15) is 4.99 Å². The van der Waals surface area contributed by atoms with E-state index in [1.54, 1.807) is 13.2 Å². The van der Waals surface area contributed by atoms with Crippen LogP contribution < -0.4 is 0 Å². The van der Waals surface area contributed by atoms with Crippen molar-refractivity contribution in [2.75, 3.05) is 21.1 Å². The number of amidine groups is 2. The van der Waals surface area contributed by atoms with Crippen molar-refractivity contribution < 1.29 is 4.48 Å². The molecule has 0 N–H and O–H groups in total. The third kappa shape index (κ3) is 1.33. The van der Waals surface area contributed by atoms with Gasteiger partial charge in [-0.15, -0.1) is 0 Å². The predicted octanol–water partition coefficient (Wildman–Crippen LogP) is 0.675. The third-order valence-corrected chi connectivity index (χ3v) is 1.74. The molecule has 0 aromatic carbocycles. The summed E-state index contributed by atoms with van der Waals surface area (Å²) in [4.78, 5) is 12.0. The smallest absolute Gasteiger partial charge is 0.263 e. The Hall–Kier alpha value is -1.29. The van der Waals surface area contributed by atoms with E-state index < -0.39 is 0 Å². The second-order valence-corrected chi connectivity index (χ2v) is 3.00. The van der Waals surface area contributed by atoms with E-state index in [2.05, 4.69) is 21.7 Å². The summed E-state index contributed by atoms with van der Waals surface area (Å²) < 4.78 is 0.575. The predicted molar refractivity (Wildman–Crippen MR) is 51.6 cm³/mol. The molecule has 0 aromatic heterocycles. The van der Waals surface area contributed by atoms with Gasteiger partial charge >= 0.3 is 0 Å². The van der Waals surface area contributed by atoms with Gasteiger partial charge in [-0.05, 0) is 6.72 Å². The second kappa shape index (κ2) is 2.98. The molecule has 1 aliphatic rings. The minimum atomic E-state index is 0.575. The average Bonchev–Trinajstić information content (AvgIpc) is 2.34. The van der Waals surface area contributed by atoms with E-state index in [1.165, 1.54) is 0 Å². The Morgan fingerprint density at radius 3 is 2.58 bits per heavy atom. The third-order valence-electron chi connectivity index (χ3n) is 1.74. The van der Waals surface area contributed by atoms with Gasteiger partial charge in [0, 0.05) is 7.05 Å². The molecule has 0 saturated carbocycles. The van der Waals surface area contributed by atoms with Gasteiger partial charge < -0.3 is 0 Å². The molecule has 0 radical (unpaired) electrons. The van der Waals surface area contributed by atoms with E-state index in [0.29, 0.717) is 10.3 Å². The number of rotatable bonds is 1. The molecule has 0 saturated heterocycles. The Morgan fingerprint density at radius 1 is 1.58 bits per heavy atom. The summed E-state index contributed by atoms with van der Waals surface area (Å²) in [7, 11) is 5.71. The monoisotopic (exact) mass is 165 g/mol. The fraction of sp³-hybridized carbons (Fsp3) is 0.375. The van der Waals surface area contributed by atoms with E-state index in [-0.39, 0.29) is 0 Å². The maximum atomic E-state index is 4.17. The van der Waals surface area contributed by atoms with Crippen molar-refractivity contribution in [2.24, 2.45) is 15.0 Å². The van der Waals surface area contributed by atoms with Gasteiger partial charge in [-0.3, -0.25) is 4.99 Å². The molecule has 0 spiro atoms. The van der Waals surface area contributed by atoms with Crippen molar-refractivity contribution in [1.29, 1.82) is 0 Å². The van der Waals surface area contributed by atoms with E-state index in [1.807, 2.05) is 20.3 Å². The van der Waals surface area contributed by atoms with Gasteiger partial charge in [0.2, 0.25) is 5.84 Å². The Kier molecular flexibility index (Phi) is 2.19. The summed E-state index contributed by atoms with van der Waals surface area (Å²) in [5, 5.41) is 0. The maximum absolute atomic E-state index is 4.17. The molecule has 0 atom stereocenters. The molecule has 4 nitrogen and oxygen atoms in total. The lowest BCUT2D eigenvalue weighted by molar-refractivity contribution is -0.737. The quantitative estimate of drug-likeness (QED) is 0.311. The van der Waals surface area contributed by atoms with Crippen molar-refractivity contribution in [3.05, 3.63) is 12.4 Å². The summed E-state index contributed by atoms with van der Waals surface area (Å²) in [5.41, 5.74) is 0. The lowest BCUT2D eigenvalue weighted by Crippen LogP contribution is -2.42. The highest BCUT2D eigenvalue weighted by Gasteiger charge is 2.29. The van der Waals surface area contributed by atoms with Crippen molar-refractivity contribution >= 4 is 18.4 Å². The molecule has 0 aromatic rings. The lowest BCUT2D eigenvalue weighted by atomic mass is 10.4. The van der Waals surface area contributed by atoms with Crippen LogP contribution in [0.4, 0.5) is 0 Å². The van der Waals surface area contributed by atoms with Gasteiger partial charge in [0.15, 0.2) is 0 Å². The first-order chi connectivity index (χ1) is 5.61. The summed E-state index contributed by atoms with van der Waals surface area (Å²) in [5.74, 6) is 1.43. The van der Waals surface area contributed by atoms with Crippen LogP contribution in [0.15, 0.2) is 27.4 Å². The summed E-state index contributed by atoms with van der Waals surface area (Å²) >= 11 is 0. The largest absolute Gasteiger partial charge is 0.277 e. The van der Waals surface area contributed by atoms with Gasteiger partial charge in [0.25, 0.3) is 5.84 Å². The van der Waals surface area contributed by atoms with Crippen molar-refractivity contribution in [2.45, 2.75) is 0 Å². The van der Waals surface area contributed by atoms with Crippen molar-refractivity contribution in [3.63, 3.8) is 0 Å². The Balaban J connectivity index is 3.00. The molecule has 64 valence electrons. The van der Waals surface area contributed by atoms with Gasteiger partial charge in [-0.1, -0.05) is 0 Å². The Labute approximate surface area is 72.3 Å². The Morgan fingerprint density at radius 2 is 2.25 bits per heavy atom. The van der Waals surface area contributed by atoms with Crippen molar-refractivity contribution in [1.82, 2.24) is 0 Å². The van der Waals surface area contributed by atoms with Crippen LogP contribution in [-0.2, 0) is 0 Å². The molecule has 12 heavy (non-hydrogen) atoms. The SMILES string of the molecule is C=NC(=NC)C1=NC=C[N+]1(C)C. The number of quaternary nitrogens is 1. The molecular weight excluding hydrogens is 152 g/mol. The molecule has 0 unspecified atom stereocenters. The fourth-order valence-corrected chi connectivity index (χ4v) is 1.05. The molecule has 1 aliphatic heterocycles. The second-order valence-electron chi connectivity index (χ2n) is 3.00. The van der Waals surface area contributed by atoms with Crippen LogP contribution in [0.5, 0.6) is 0 Å². The fourth-order valence-electron chi connectivity index (χ4n) is 1.05. The first-order valence-electron chi connectivity index (χ1n) is 3.65. The number of likely N-dealkylation sites (N-methyl/N-ethyl adjacent to an activating group) is 1. The Bertz CT molecular complexity index is 283. The van der Waals surface area contributed by atoms with Crippen LogP contribution in [0.1, 0.15) is 0 Å². The van der Waals surface area contributed by atoms with E-state index in [0.717, 1.165) is 5.84 Å². The number of hydrogen-bond acceptors (Lipinski definition) is 2. The van der Waals surface area contributed by atoms with E-state index >= 15 is 0 Å². The van der Waals surface area contributed by atoms with Gasteiger partial charge in [-0.25, -0.2) is 9.48 Å². The number of nitrogens with zero attached hydrogens (tertiary/aromatic N) is 4. The van der Waals surface area contributed by atoms with Crippen LogP contribution in [0.2, 0.25) is 0 Å². The minimum Gasteiger partial charge on any atom is -0.263 e. The summed E-state index contributed by atoms with van der Waals surface area (Å²) in [6, 6.07) is 0. The molecule has 4 heteroatoms. The molecular formula is C8H13N4+. The zero-order valence-corrected chi connectivity index (χ0v) is 7.65. The van der Waals surface area contributed by atoms with Gasteiger partial charge in [0.1, 0.15) is 6.20 Å². The first-order valence-corrected chi connectivity index (χ1v) is 3.65. The molecule has 0 amide bonds. The topological polar surface area (TPSA) is 37.1 Å². The highest BCUT2D eigenvalue weighted by Crippen LogP contribution is 2.11. The van der Waals surface area contributed by atoms with Gasteiger partial charge in [0.05, 0.1) is 20.3 Å². The first kappa shape index (κ1) is 8.80. The average molecular weight is 165 g/mol. The van der Waals surface area contributed by atoms with Crippen LogP contribution >= 0.6 is 0 Å². The maximum Gasteiger partial charge on any atom is 0.277 e. The van der Waals surface area contributed by atoms with Crippen molar-refractivity contribution in [3.8, 4) is 0 Å². The molecule has 1 rings (SSSR count). The molecule has 0 fully saturated rings. The lowest BCUT2D eigenvalue weighted by Gasteiger charge is -2.20. The van der Waals surface area contributed by atoms with E-state index in [9.17, 15) is 0 Å².